The van der Waals surface area contributed by atoms with Crippen LogP contribution in [0.3, 0.4) is 0 Å². The molecule has 1 aliphatic rings. The van der Waals surface area contributed by atoms with Crippen molar-refractivity contribution in [2.45, 2.75) is 13.3 Å². The molecular weight excluding hydrogens is 304 g/mol. The fourth-order valence-corrected chi connectivity index (χ4v) is 2.75. The van der Waals surface area contributed by atoms with Crippen LogP contribution < -0.4 is 9.47 Å². The minimum atomic E-state index is -0.0748. The first-order valence-corrected chi connectivity index (χ1v) is 7.81. The number of hydrazone groups is 1. The van der Waals surface area contributed by atoms with Crippen molar-refractivity contribution >= 4 is 11.6 Å². The van der Waals surface area contributed by atoms with Gasteiger partial charge in [0.15, 0.2) is 11.5 Å². The summed E-state index contributed by atoms with van der Waals surface area (Å²) in [5, 5.41) is 6.03. The first kappa shape index (κ1) is 16.1. The van der Waals surface area contributed by atoms with E-state index < -0.39 is 0 Å². The standard InChI is InChI=1S/C19H20N2O3/c1-13-5-4-6-15(11-13)19(22)21-10-9-16(20-21)14-7-8-17(23-2)18(12-14)24-3/h4-8,11-12H,9-10H2,1-3H3. The molecule has 1 amide bonds. The van der Waals surface area contributed by atoms with Crippen LogP contribution in [0.25, 0.3) is 0 Å². The first-order chi connectivity index (χ1) is 11.6. The van der Waals surface area contributed by atoms with E-state index in [-0.39, 0.29) is 5.91 Å². The number of amides is 1. The summed E-state index contributed by atoms with van der Waals surface area (Å²) >= 11 is 0. The summed E-state index contributed by atoms with van der Waals surface area (Å²) in [4.78, 5) is 12.6. The molecule has 0 bridgehead atoms. The predicted octanol–water partition coefficient (Wildman–Crippen LogP) is 3.26. The zero-order valence-corrected chi connectivity index (χ0v) is 14.1. The topological polar surface area (TPSA) is 51.1 Å². The van der Waals surface area contributed by atoms with Gasteiger partial charge in [0.1, 0.15) is 0 Å². The van der Waals surface area contributed by atoms with Crippen molar-refractivity contribution in [1.82, 2.24) is 5.01 Å². The minimum Gasteiger partial charge on any atom is -0.493 e. The van der Waals surface area contributed by atoms with Gasteiger partial charge < -0.3 is 9.47 Å². The third-order valence-corrected chi connectivity index (χ3v) is 4.02. The normalized spacial score (nSPS) is 13.6. The number of benzene rings is 2. The molecule has 0 saturated carbocycles. The molecule has 3 rings (SSSR count). The zero-order valence-electron chi connectivity index (χ0n) is 14.1. The lowest BCUT2D eigenvalue weighted by Gasteiger charge is -2.11. The number of nitrogens with zero attached hydrogens (tertiary/aromatic N) is 2. The van der Waals surface area contributed by atoms with Crippen LogP contribution in [0.15, 0.2) is 47.6 Å². The Hall–Kier alpha value is -2.82. The lowest BCUT2D eigenvalue weighted by Crippen LogP contribution is -2.23. The third kappa shape index (κ3) is 3.11. The Morgan fingerprint density at radius 1 is 1.08 bits per heavy atom. The van der Waals surface area contributed by atoms with E-state index in [9.17, 15) is 4.79 Å². The highest BCUT2D eigenvalue weighted by Crippen LogP contribution is 2.29. The van der Waals surface area contributed by atoms with Crippen LogP contribution in [0.1, 0.15) is 27.9 Å². The molecule has 1 heterocycles. The monoisotopic (exact) mass is 324 g/mol. The van der Waals surface area contributed by atoms with E-state index in [4.69, 9.17) is 9.47 Å². The van der Waals surface area contributed by atoms with Gasteiger partial charge in [-0.1, -0.05) is 17.7 Å². The molecule has 0 radical (unpaired) electrons. The summed E-state index contributed by atoms with van der Waals surface area (Å²) in [7, 11) is 3.21. The van der Waals surface area contributed by atoms with Crippen molar-refractivity contribution in [2.24, 2.45) is 5.10 Å². The average molecular weight is 324 g/mol. The second kappa shape index (κ2) is 6.74. The van der Waals surface area contributed by atoms with Crippen molar-refractivity contribution in [3.63, 3.8) is 0 Å². The lowest BCUT2D eigenvalue weighted by molar-refractivity contribution is 0.0778. The van der Waals surface area contributed by atoms with Gasteiger partial charge in [-0.25, -0.2) is 5.01 Å². The van der Waals surface area contributed by atoms with E-state index in [1.54, 1.807) is 14.2 Å². The molecule has 0 N–H and O–H groups in total. The van der Waals surface area contributed by atoms with Crippen LogP contribution in [-0.2, 0) is 0 Å². The number of aryl methyl sites for hydroxylation is 1. The SMILES string of the molecule is COc1ccc(C2=NN(C(=O)c3cccc(C)c3)CC2)cc1OC. The number of carbonyl (C=O) groups is 1. The van der Waals surface area contributed by atoms with Crippen LogP contribution >= 0.6 is 0 Å². The summed E-state index contributed by atoms with van der Waals surface area (Å²) in [6.07, 6.45) is 0.715. The van der Waals surface area contributed by atoms with Crippen molar-refractivity contribution < 1.29 is 14.3 Å². The maximum Gasteiger partial charge on any atom is 0.273 e. The lowest BCUT2D eigenvalue weighted by atomic mass is 10.1. The molecule has 0 fully saturated rings. The van der Waals surface area contributed by atoms with E-state index >= 15 is 0 Å². The number of hydrogen-bond acceptors (Lipinski definition) is 4. The zero-order chi connectivity index (χ0) is 17.1. The maximum atomic E-state index is 12.6. The maximum absolute atomic E-state index is 12.6. The molecular formula is C19H20N2O3. The van der Waals surface area contributed by atoms with E-state index in [1.807, 2.05) is 49.4 Å². The largest absolute Gasteiger partial charge is 0.493 e. The Bertz CT molecular complexity index is 799. The number of hydrogen-bond donors (Lipinski definition) is 0. The van der Waals surface area contributed by atoms with E-state index in [0.717, 1.165) is 16.8 Å². The van der Waals surface area contributed by atoms with Crippen LogP contribution in [0.2, 0.25) is 0 Å². The molecule has 2 aromatic carbocycles. The molecule has 0 spiro atoms. The first-order valence-electron chi connectivity index (χ1n) is 7.81. The van der Waals surface area contributed by atoms with Crippen LogP contribution in [-0.4, -0.2) is 37.4 Å². The molecule has 1 aliphatic heterocycles. The summed E-state index contributed by atoms with van der Waals surface area (Å²) in [5.41, 5.74) is 3.53. The Kier molecular flexibility index (Phi) is 4.51. The van der Waals surface area contributed by atoms with Gasteiger partial charge >= 0.3 is 0 Å². The highest BCUT2D eigenvalue weighted by molar-refractivity contribution is 6.04. The number of rotatable bonds is 4. The number of carbonyl (C=O) groups excluding carboxylic acids is 1. The molecule has 0 saturated heterocycles. The molecule has 124 valence electrons. The summed E-state index contributed by atoms with van der Waals surface area (Å²) in [6.45, 7) is 2.55. The molecule has 5 heteroatoms. The number of methoxy groups -OCH3 is 2. The number of ether oxygens (including phenoxy) is 2. The summed E-state index contributed by atoms with van der Waals surface area (Å²) < 4.78 is 10.6. The van der Waals surface area contributed by atoms with E-state index in [0.29, 0.717) is 30.0 Å². The second-order valence-electron chi connectivity index (χ2n) is 5.66. The van der Waals surface area contributed by atoms with E-state index in [1.165, 1.54) is 5.01 Å². The van der Waals surface area contributed by atoms with Crippen molar-refractivity contribution in [2.75, 3.05) is 20.8 Å². The van der Waals surface area contributed by atoms with Gasteiger partial charge in [0.05, 0.1) is 26.5 Å². The van der Waals surface area contributed by atoms with Gasteiger partial charge in [-0.15, -0.1) is 0 Å². The van der Waals surface area contributed by atoms with Gasteiger partial charge in [0.25, 0.3) is 5.91 Å². The van der Waals surface area contributed by atoms with Gasteiger partial charge in [-0.2, -0.15) is 5.10 Å². The molecule has 2 aromatic rings. The molecule has 5 nitrogen and oxygen atoms in total. The van der Waals surface area contributed by atoms with Crippen LogP contribution in [0.4, 0.5) is 0 Å². The smallest absolute Gasteiger partial charge is 0.273 e. The second-order valence-corrected chi connectivity index (χ2v) is 5.66. The van der Waals surface area contributed by atoms with Gasteiger partial charge in [-0.3, -0.25) is 4.79 Å². The van der Waals surface area contributed by atoms with Crippen LogP contribution in [0, 0.1) is 6.92 Å². The van der Waals surface area contributed by atoms with Gasteiger partial charge in [0.2, 0.25) is 0 Å². The summed E-state index contributed by atoms with van der Waals surface area (Å²) in [5.74, 6) is 1.25. The predicted molar refractivity (Wildman–Crippen MR) is 92.9 cm³/mol. The molecule has 0 aromatic heterocycles. The molecule has 0 unspecified atom stereocenters. The molecule has 0 atom stereocenters. The van der Waals surface area contributed by atoms with E-state index in [2.05, 4.69) is 5.10 Å². The average Bonchev–Trinajstić information content (AvgIpc) is 3.10. The highest BCUT2D eigenvalue weighted by atomic mass is 16.5. The highest BCUT2D eigenvalue weighted by Gasteiger charge is 2.23. The van der Waals surface area contributed by atoms with Gasteiger partial charge in [0, 0.05) is 17.5 Å². The van der Waals surface area contributed by atoms with Crippen molar-refractivity contribution in [3.05, 3.63) is 59.2 Å². The fraction of sp³-hybridized carbons (Fsp3) is 0.263. The Labute approximate surface area is 141 Å². The fourth-order valence-electron chi connectivity index (χ4n) is 2.75. The van der Waals surface area contributed by atoms with Gasteiger partial charge in [-0.05, 0) is 37.3 Å². The minimum absolute atomic E-state index is 0.0748. The summed E-state index contributed by atoms with van der Waals surface area (Å²) in [6, 6.07) is 13.2. The molecule has 24 heavy (non-hydrogen) atoms. The Balaban J connectivity index is 1.84. The Morgan fingerprint density at radius 3 is 2.58 bits per heavy atom. The van der Waals surface area contributed by atoms with Crippen molar-refractivity contribution in [1.29, 1.82) is 0 Å². The third-order valence-electron chi connectivity index (χ3n) is 4.02. The van der Waals surface area contributed by atoms with Crippen molar-refractivity contribution in [3.8, 4) is 11.5 Å². The quantitative estimate of drug-likeness (QED) is 0.867. The Morgan fingerprint density at radius 2 is 1.88 bits per heavy atom. The van der Waals surface area contributed by atoms with Crippen LogP contribution in [0.5, 0.6) is 11.5 Å². The molecule has 0 aliphatic carbocycles.